The van der Waals surface area contributed by atoms with Gasteiger partial charge < -0.3 is 10.1 Å². The molecule has 3 rings (SSSR count). The van der Waals surface area contributed by atoms with Gasteiger partial charge in [-0.05, 0) is 37.3 Å². The Bertz CT molecular complexity index is 703. The van der Waals surface area contributed by atoms with E-state index in [1.54, 1.807) is 11.8 Å². The number of anilines is 1. The Labute approximate surface area is 134 Å². The van der Waals surface area contributed by atoms with Crippen molar-refractivity contribution in [3.8, 4) is 5.75 Å². The molecule has 1 amide bonds. The summed E-state index contributed by atoms with van der Waals surface area (Å²) in [5.74, 6) is 0.747. The van der Waals surface area contributed by atoms with Crippen molar-refractivity contribution in [2.24, 2.45) is 0 Å². The zero-order chi connectivity index (χ0) is 15.5. The maximum absolute atomic E-state index is 12.3. The Balaban J connectivity index is 1.84. The Hall–Kier alpha value is -2.40. The molecule has 5 heteroatoms. The van der Waals surface area contributed by atoms with Gasteiger partial charge in [0.05, 0.1) is 5.69 Å². The molecule has 1 saturated heterocycles. The van der Waals surface area contributed by atoms with Crippen molar-refractivity contribution in [2.75, 3.05) is 4.90 Å². The molecule has 1 heterocycles. The van der Waals surface area contributed by atoms with Gasteiger partial charge in [-0.15, -0.1) is 0 Å². The van der Waals surface area contributed by atoms with Crippen LogP contribution in [-0.4, -0.2) is 17.1 Å². The van der Waals surface area contributed by atoms with Crippen LogP contribution >= 0.6 is 12.2 Å². The van der Waals surface area contributed by atoms with E-state index in [9.17, 15) is 4.79 Å². The summed E-state index contributed by atoms with van der Waals surface area (Å²) >= 11 is 5.27. The van der Waals surface area contributed by atoms with Gasteiger partial charge in [0.2, 0.25) is 0 Å². The molecule has 4 nitrogen and oxygen atoms in total. The molecule has 2 aromatic rings. The Morgan fingerprint density at radius 1 is 1.14 bits per heavy atom. The number of ether oxygens (including phenoxy) is 1. The number of amides is 1. The number of para-hydroxylation sites is 2. The van der Waals surface area contributed by atoms with Gasteiger partial charge in [0, 0.05) is 5.56 Å². The molecule has 1 aliphatic heterocycles. The summed E-state index contributed by atoms with van der Waals surface area (Å²) in [5.41, 5.74) is 1.68. The van der Waals surface area contributed by atoms with E-state index in [0.29, 0.717) is 11.7 Å². The summed E-state index contributed by atoms with van der Waals surface area (Å²) in [6.07, 6.45) is 0. The number of hydrogen-bond acceptors (Lipinski definition) is 3. The average molecular weight is 312 g/mol. The first-order valence-corrected chi connectivity index (χ1v) is 7.48. The molecule has 0 unspecified atom stereocenters. The van der Waals surface area contributed by atoms with E-state index in [0.717, 1.165) is 17.0 Å². The normalized spacial score (nSPS) is 17.5. The highest BCUT2D eigenvalue weighted by Crippen LogP contribution is 2.25. The van der Waals surface area contributed by atoms with Gasteiger partial charge in [-0.3, -0.25) is 9.69 Å². The van der Waals surface area contributed by atoms with E-state index in [1.807, 2.05) is 54.6 Å². The first kappa shape index (κ1) is 14.5. The molecule has 0 saturated carbocycles. The number of carbonyl (C=O) groups excluding carboxylic acids is 1. The molecule has 0 aromatic heterocycles. The second kappa shape index (κ2) is 6.15. The summed E-state index contributed by atoms with van der Waals surface area (Å²) in [6.45, 7) is 2.18. The van der Waals surface area contributed by atoms with Gasteiger partial charge in [0.15, 0.2) is 5.11 Å². The van der Waals surface area contributed by atoms with Crippen molar-refractivity contribution in [1.82, 2.24) is 5.32 Å². The van der Waals surface area contributed by atoms with Crippen molar-refractivity contribution < 1.29 is 9.53 Å². The number of nitrogens with zero attached hydrogens (tertiary/aromatic N) is 1. The molecule has 112 valence electrons. The van der Waals surface area contributed by atoms with Gasteiger partial charge in [0.25, 0.3) is 5.91 Å². The fraction of sp³-hybridized carbons (Fsp3) is 0.176. The molecule has 2 aromatic carbocycles. The third-order valence-corrected chi connectivity index (χ3v) is 3.80. The lowest BCUT2D eigenvalue weighted by Gasteiger charge is -2.19. The average Bonchev–Trinajstić information content (AvgIpc) is 2.79. The summed E-state index contributed by atoms with van der Waals surface area (Å²) in [4.78, 5) is 13.8. The number of benzene rings is 2. The van der Waals surface area contributed by atoms with Crippen LogP contribution in [0.5, 0.6) is 5.75 Å². The third-order valence-electron chi connectivity index (χ3n) is 3.50. The van der Waals surface area contributed by atoms with Gasteiger partial charge in [-0.2, -0.15) is 0 Å². The molecule has 0 aliphatic carbocycles. The predicted molar refractivity (Wildman–Crippen MR) is 89.9 cm³/mol. The highest BCUT2D eigenvalue weighted by Gasteiger charge is 2.34. The fourth-order valence-electron chi connectivity index (χ4n) is 2.36. The number of hydrogen-bond donors (Lipinski definition) is 1. The minimum absolute atomic E-state index is 0.0443. The lowest BCUT2D eigenvalue weighted by atomic mass is 10.1. The van der Waals surface area contributed by atoms with Crippen LogP contribution in [0.3, 0.4) is 0 Å². The van der Waals surface area contributed by atoms with Crippen LogP contribution in [0.1, 0.15) is 12.5 Å². The standard InChI is InChI=1S/C17H16N2O2S/c1-12-16(20)19(17(22)18-12)15-10-6-5-7-13(15)11-21-14-8-3-2-4-9-14/h2-10,12H,11H2,1H3,(H,18,22)/t12-/m1/s1. The topological polar surface area (TPSA) is 41.6 Å². The lowest BCUT2D eigenvalue weighted by molar-refractivity contribution is -0.117. The van der Waals surface area contributed by atoms with Crippen LogP contribution in [0.4, 0.5) is 5.69 Å². The number of rotatable bonds is 4. The number of nitrogens with one attached hydrogen (secondary N) is 1. The third kappa shape index (κ3) is 2.80. The monoisotopic (exact) mass is 312 g/mol. The second-order valence-corrected chi connectivity index (χ2v) is 5.46. The van der Waals surface area contributed by atoms with E-state index in [4.69, 9.17) is 17.0 Å². The largest absolute Gasteiger partial charge is 0.489 e. The molecule has 0 radical (unpaired) electrons. The van der Waals surface area contributed by atoms with Crippen LogP contribution in [0, 0.1) is 0 Å². The minimum Gasteiger partial charge on any atom is -0.489 e. The molecule has 1 N–H and O–H groups in total. The van der Waals surface area contributed by atoms with Gasteiger partial charge in [-0.25, -0.2) is 0 Å². The zero-order valence-electron chi connectivity index (χ0n) is 12.2. The van der Waals surface area contributed by atoms with Crippen LogP contribution in [0.15, 0.2) is 54.6 Å². The quantitative estimate of drug-likeness (QED) is 0.882. The molecular weight excluding hydrogens is 296 g/mol. The van der Waals surface area contributed by atoms with Crippen LogP contribution < -0.4 is 15.0 Å². The smallest absolute Gasteiger partial charge is 0.255 e. The highest BCUT2D eigenvalue weighted by molar-refractivity contribution is 7.80. The van der Waals surface area contributed by atoms with E-state index in [-0.39, 0.29) is 11.9 Å². The Kier molecular flexibility index (Phi) is 4.06. The summed E-state index contributed by atoms with van der Waals surface area (Å²) in [7, 11) is 0. The zero-order valence-corrected chi connectivity index (χ0v) is 13.0. The molecule has 1 fully saturated rings. The molecule has 0 bridgehead atoms. The van der Waals surface area contributed by atoms with Gasteiger partial charge in [-0.1, -0.05) is 36.4 Å². The van der Waals surface area contributed by atoms with E-state index < -0.39 is 0 Å². The number of carbonyl (C=O) groups is 1. The van der Waals surface area contributed by atoms with Gasteiger partial charge >= 0.3 is 0 Å². The Morgan fingerprint density at radius 3 is 2.50 bits per heavy atom. The van der Waals surface area contributed by atoms with Crippen molar-refractivity contribution in [3.05, 3.63) is 60.2 Å². The summed E-state index contributed by atoms with van der Waals surface area (Å²) in [6, 6.07) is 16.9. The molecular formula is C17H16N2O2S. The van der Waals surface area contributed by atoms with Crippen molar-refractivity contribution in [2.45, 2.75) is 19.6 Å². The highest BCUT2D eigenvalue weighted by atomic mass is 32.1. The van der Waals surface area contributed by atoms with E-state index >= 15 is 0 Å². The maximum Gasteiger partial charge on any atom is 0.255 e. The Morgan fingerprint density at radius 2 is 1.82 bits per heavy atom. The SMILES string of the molecule is C[C@H]1NC(=S)N(c2ccccc2COc2ccccc2)C1=O. The number of thiocarbonyl (C=S) groups is 1. The van der Waals surface area contributed by atoms with Gasteiger partial charge in [0.1, 0.15) is 18.4 Å². The molecule has 22 heavy (non-hydrogen) atoms. The predicted octanol–water partition coefficient (Wildman–Crippen LogP) is 2.88. The molecule has 1 atom stereocenters. The van der Waals surface area contributed by atoms with Crippen LogP contribution in [0.2, 0.25) is 0 Å². The van der Waals surface area contributed by atoms with Crippen molar-refractivity contribution in [3.63, 3.8) is 0 Å². The minimum atomic E-state index is -0.296. The van der Waals surface area contributed by atoms with Crippen molar-refractivity contribution >= 4 is 28.9 Å². The molecule has 1 aliphatic rings. The van der Waals surface area contributed by atoms with Crippen LogP contribution in [-0.2, 0) is 11.4 Å². The lowest BCUT2D eigenvalue weighted by Crippen LogP contribution is -2.31. The first-order chi connectivity index (χ1) is 10.7. The van der Waals surface area contributed by atoms with Crippen molar-refractivity contribution in [1.29, 1.82) is 0 Å². The summed E-state index contributed by atoms with van der Waals surface area (Å²) in [5, 5.41) is 3.42. The fourth-order valence-corrected chi connectivity index (χ4v) is 2.73. The molecule has 0 spiro atoms. The van der Waals surface area contributed by atoms with Crippen LogP contribution in [0.25, 0.3) is 0 Å². The maximum atomic E-state index is 12.3. The summed E-state index contributed by atoms with van der Waals surface area (Å²) < 4.78 is 5.79. The first-order valence-electron chi connectivity index (χ1n) is 7.07. The van der Waals surface area contributed by atoms with E-state index in [1.165, 1.54) is 0 Å². The van der Waals surface area contributed by atoms with E-state index in [2.05, 4.69) is 5.32 Å². The second-order valence-electron chi connectivity index (χ2n) is 5.08.